The van der Waals surface area contributed by atoms with E-state index in [-0.39, 0.29) is 24.0 Å². The molecular weight excluding hydrogens is 456 g/mol. The fourth-order valence-corrected chi connectivity index (χ4v) is 3.84. The van der Waals surface area contributed by atoms with Crippen molar-refractivity contribution in [2.24, 2.45) is 0 Å². The molecule has 0 fully saturated rings. The smallest absolute Gasteiger partial charge is 0.263 e. The molecular formula is C24H19ClN6O3. The van der Waals surface area contributed by atoms with Gasteiger partial charge in [-0.25, -0.2) is 4.98 Å². The maximum Gasteiger partial charge on any atom is 0.263 e. The number of amides is 1. The Hall–Kier alpha value is -4.24. The number of fused-ring (bicyclic) bond motifs is 1. The fraction of sp³-hybridized carbons (Fsp3) is 0.125. The molecule has 0 bridgehead atoms. The van der Waals surface area contributed by atoms with Crippen LogP contribution in [0.3, 0.4) is 0 Å². The van der Waals surface area contributed by atoms with Crippen molar-refractivity contribution >= 4 is 28.5 Å². The average Bonchev–Trinajstić information content (AvgIpc) is 3.49. The van der Waals surface area contributed by atoms with Gasteiger partial charge in [0.25, 0.3) is 17.4 Å². The lowest BCUT2D eigenvalue weighted by atomic mass is 10.1. The summed E-state index contributed by atoms with van der Waals surface area (Å²) in [5.74, 6) is 0.0695. The van der Waals surface area contributed by atoms with Crippen LogP contribution in [0.5, 0.6) is 0 Å². The molecule has 9 nitrogen and oxygen atoms in total. The van der Waals surface area contributed by atoms with Gasteiger partial charge < -0.3 is 19.4 Å². The summed E-state index contributed by atoms with van der Waals surface area (Å²) in [4.78, 5) is 37.4. The minimum absolute atomic E-state index is 0.00398. The number of carbonyl (C=O) groups excluding carboxylic acids is 1. The third-order valence-corrected chi connectivity index (χ3v) is 5.80. The predicted molar refractivity (Wildman–Crippen MR) is 127 cm³/mol. The molecule has 0 unspecified atom stereocenters. The van der Waals surface area contributed by atoms with Crippen LogP contribution in [0.25, 0.3) is 22.5 Å². The van der Waals surface area contributed by atoms with Crippen molar-refractivity contribution in [3.63, 3.8) is 0 Å². The number of nitrogens with one attached hydrogen (secondary N) is 2. The van der Waals surface area contributed by atoms with Crippen LogP contribution in [0.4, 0.5) is 0 Å². The largest absolute Gasteiger partial charge is 0.345 e. The molecule has 10 heteroatoms. The number of nitrogens with zero attached hydrogens (tertiary/aromatic N) is 4. The number of H-pyrrole nitrogens is 1. The Bertz CT molecular complexity index is 1540. The molecule has 5 rings (SSSR count). The van der Waals surface area contributed by atoms with Gasteiger partial charge in [-0.05, 0) is 48.9 Å². The maximum absolute atomic E-state index is 13.0. The van der Waals surface area contributed by atoms with E-state index in [1.165, 1.54) is 10.6 Å². The molecule has 4 heterocycles. The first kappa shape index (κ1) is 21.6. The van der Waals surface area contributed by atoms with Gasteiger partial charge in [-0.1, -0.05) is 28.9 Å². The first-order valence-electron chi connectivity index (χ1n) is 10.5. The average molecular weight is 475 g/mol. The second-order valence-corrected chi connectivity index (χ2v) is 8.10. The first-order valence-corrected chi connectivity index (χ1v) is 10.9. The first-order chi connectivity index (χ1) is 16.5. The lowest BCUT2D eigenvalue weighted by Crippen LogP contribution is -2.33. The molecule has 0 aliphatic carbocycles. The Morgan fingerprint density at radius 1 is 1.21 bits per heavy atom. The molecule has 0 aliphatic heterocycles. The van der Waals surface area contributed by atoms with Crippen molar-refractivity contribution in [2.45, 2.75) is 19.5 Å². The Morgan fingerprint density at radius 2 is 2.03 bits per heavy atom. The summed E-state index contributed by atoms with van der Waals surface area (Å²) in [7, 11) is 0. The van der Waals surface area contributed by atoms with Crippen LogP contribution in [-0.2, 0) is 6.54 Å². The molecule has 2 N–H and O–H groups in total. The Morgan fingerprint density at radius 3 is 2.85 bits per heavy atom. The van der Waals surface area contributed by atoms with Gasteiger partial charge in [-0.2, -0.15) is 4.98 Å². The zero-order chi connectivity index (χ0) is 23.7. The SMILES string of the molecule is C[C@@H](c1ccc(Cl)cc1)n1cccc(C(=O)NCc2noc(-c3c[nH]c4ncccc34)n2)c1=O. The highest BCUT2D eigenvalue weighted by Crippen LogP contribution is 2.26. The summed E-state index contributed by atoms with van der Waals surface area (Å²) in [5, 5.41) is 8.08. The van der Waals surface area contributed by atoms with Crippen LogP contribution in [0.2, 0.25) is 5.02 Å². The van der Waals surface area contributed by atoms with Crippen LogP contribution < -0.4 is 10.9 Å². The number of aromatic amines is 1. The molecule has 4 aromatic heterocycles. The Labute approximate surface area is 198 Å². The lowest BCUT2D eigenvalue weighted by Gasteiger charge is -2.16. The predicted octanol–water partition coefficient (Wildman–Crippen LogP) is 3.97. The van der Waals surface area contributed by atoms with Crippen molar-refractivity contribution in [2.75, 3.05) is 0 Å². The number of aromatic nitrogens is 5. The van der Waals surface area contributed by atoms with E-state index in [0.29, 0.717) is 16.6 Å². The highest BCUT2D eigenvalue weighted by atomic mass is 35.5. The highest BCUT2D eigenvalue weighted by Gasteiger charge is 2.18. The standard InChI is InChI=1S/C24H19ClN6O3/c1-14(15-6-8-16(25)9-7-15)31-11-3-5-18(24(31)33)22(32)28-13-20-29-23(34-30-20)19-12-27-21-17(19)4-2-10-26-21/h2-12,14H,13H2,1H3,(H,26,27)(H,28,32)/t14-/m0/s1. The normalized spacial score (nSPS) is 12.1. The van der Waals surface area contributed by atoms with E-state index in [1.807, 2.05) is 31.2 Å². The quantitative estimate of drug-likeness (QED) is 0.384. The molecule has 0 saturated heterocycles. The van der Waals surface area contributed by atoms with Gasteiger partial charge in [0.15, 0.2) is 5.82 Å². The summed E-state index contributed by atoms with van der Waals surface area (Å²) < 4.78 is 6.86. The maximum atomic E-state index is 13.0. The number of benzene rings is 1. The summed E-state index contributed by atoms with van der Waals surface area (Å²) in [6.45, 7) is 1.89. The van der Waals surface area contributed by atoms with Gasteiger partial charge in [0.2, 0.25) is 0 Å². The van der Waals surface area contributed by atoms with Crippen LogP contribution in [0, 0.1) is 0 Å². The summed E-state index contributed by atoms with van der Waals surface area (Å²) in [6.07, 6.45) is 5.08. The van der Waals surface area contributed by atoms with Gasteiger partial charge in [-0.3, -0.25) is 9.59 Å². The number of pyridine rings is 2. The number of hydrogen-bond donors (Lipinski definition) is 2. The van der Waals surface area contributed by atoms with Gasteiger partial charge in [0.05, 0.1) is 18.2 Å². The zero-order valence-electron chi connectivity index (χ0n) is 18.0. The zero-order valence-corrected chi connectivity index (χ0v) is 18.8. The van der Waals surface area contributed by atoms with E-state index in [0.717, 1.165) is 16.5 Å². The second kappa shape index (κ2) is 8.95. The molecule has 1 atom stereocenters. The van der Waals surface area contributed by atoms with Gasteiger partial charge in [-0.15, -0.1) is 0 Å². The van der Waals surface area contributed by atoms with E-state index < -0.39 is 11.5 Å². The second-order valence-electron chi connectivity index (χ2n) is 7.66. The molecule has 34 heavy (non-hydrogen) atoms. The third-order valence-electron chi connectivity index (χ3n) is 5.55. The van der Waals surface area contributed by atoms with Gasteiger partial charge in [0.1, 0.15) is 11.2 Å². The van der Waals surface area contributed by atoms with Gasteiger partial charge in [0, 0.05) is 29.0 Å². The highest BCUT2D eigenvalue weighted by molar-refractivity contribution is 6.30. The minimum Gasteiger partial charge on any atom is -0.345 e. The molecule has 1 aromatic carbocycles. The van der Waals surface area contributed by atoms with Crippen molar-refractivity contribution in [3.05, 3.63) is 99.4 Å². The molecule has 5 aromatic rings. The summed E-state index contributed by atoms with van der Waals surface area (Å²) in [6, 6.07) is 13.8. The van der Waals surface area contributed by atoms with E-state index in [9.17, 15) is 9.59 Å². The van der Waals surface area contributed by atoms with Crippen molar-refractivity contribution in [1.29, 1.82) is 0 Å². The van der Waals surface area contributed by atoms with Crippen molar-refractivity contribution in [1.82, 2.24) is 30.0 Å². The van der Waals surface area contributed by atoms with E-state index in [1.54, 1.807) is 36.8 Å². The van der Waals surface area contributed by atoms with Gasteiger partial charge >= 0.3 is 0 Å². The molecule has 0 radical (unpaired) electrons. The topological polar surface area (TPSA) is 119 Å². The Kier molecular flexibility index (Phi) is 5.69. The van der Waals surface area contributed by atoms with E-state index >= 15 is 0 Å². The number of carbonyl (C=O) groups is 1. The molecule has 0 spiro atoms. The number of hydrogen-bond acceptors (Lipinski definition) is 6. The Balaban J connectivity index is 1.31. The fourth-order valence-electron chi connectivity index (χ4n) is 3.71. The summed E-state index contributed by atoms with van der Waals surface area (Å²) in [5.41, 5.74) is 1.95. The van der Waals surface area contributed by atoms with Crippen molar-refractivity contribution < 1.29 is 9.32 Å². The third kappa shape index (κ3) is 4.08. The number of halogens is 1. The van der Waals surface area contributed by atoms with Crippen LogP contribution in [0.15, 0.2) is 76.4 Å². The van der Waals surface area contributed by atoms with Crippen LogP contribution in [-0.4, -0.2) is 30.6 Å². The molecule has 0 aliphatic rings. The van der Waals surface area contributed by atoms with Crippen LogP contribution in [0.1, 0.15) is 34.7 Å². The van der Waals surface area contributed by atoms with E-state index in [4.69, 9.17) is 16.1 Å². The minimum atomic E-state index is -0.523. The number of rotatable bonds is 6. The monoisotopic (exact) mass is 474 g/mol. The summed E-state index contributed by atoms with van der Waals surface area (Å²) >= 11 is 5.96. The lowest BCUT2D eigenvalue weighted by molar-refractivity contribution is 0.0947. The van der Waals surface area contributed by atoms with Crippen LogP contribution >= 0.6 is 11.6 Å². The molecule has 170 valence electrons. The molecule has 1 amide bonds. The van der Waals surface area contributed by atoms with E-state index in [2.05, 4.69) is 25.4 Å². The molecule has 0 saturated carbocycles. The van der Waals surface area contributed by atoms with Crippen molar-refractivity contribution in [3.8, 4) is 11.5 Å².